The first-order chi connectivity index (χ1) is 8.20. The van der Waals surface area contributed by atoms with Crippen molar-refractivity contribution >= 4 is 5.69 Å². The highest BCUT2D eigenvalue weighted by Gasteiger charge is 2.07. The molecule has 5 heteroatoms. The predicted octanol–water partition coefficient (Wildman–Crippen LogP) is 1.77. The number of aromatic nitrogens is 2. The molecule has 1 aromatic heterocycles. The number of hydrogen-bond acceptors (Lipinski definition) is 4. The minimum Gasteiger partial charge on any atom is -0.508 e. The zero-order valence-corrected chi connectivity index (χ0v) is 9.63. The number of anilines is 1. The summed E-state index contributed by atoms with van der Waals surface area (Å²) in [7, 11) is 0. The van der Waals surface area contributed by atoms with Gasteiger partial charge in [-0.05, 0) is 31.2 Å². The second-order valence-electron chi connectivity index (χ2n) is 3.64. The SMILES string of the molecule is CCn1ncc(N)c1COc1ccc(O)cc1. The molecule has 5 nitrogen and oxygen atoms in total. The summed E-state index contributed by atoms with van der Waals surface area (Å²) in [6.07, 6.45) is 1.62. The average molecular weight is 233 g/mol. The Morgan fingerprint density at radius 1 is 1.35 bits per heavy atom. The summed E-state index contributed by atoms with van der Waals surface area (Å²) >= 11 is 0. The van der Waals surface area contributed by atoms with E-state index in [-0.39, 0.29) is 5.75 Å². The molecule has 0 aliphatic rings. The van der Waals surface area contributed by atoms with E-state index in [1.165, 1.54) is 0 Å². The molecular weight excluding hydrogens is 218 g/mol. The molecule has 0 aliphatic carbocycles. The van der Waals surface area contributed by atoms with Crippen LogP contribution in [0.25, 0.3) is 0 Å². The number of ether oxygens (including phenoxy) is 1. The number of rotatable bonds is 4. The van der Waals surface area contributed by atoms with E-state index in [9.17, 15) is 0 Å². The lowest BCUT2D eigenvalue weighted by atomic mass is 10.3. The van der Waals surface area contributed by atoms with E-state index in [0.29, 0.717) is 18.0 Å². The van der Waals surface area contributed by atoms with Crippen LogP contribution in [0.15, 0.2) is 30.5 Å². The molecule has 0 radical (unpaired) electrons. The normalized spacial score (nSPS) is 10.4. The Balaban J connectivity index is 2.06. The van der Waals surface area contributed by atoms with Crippen LogP contribution < -0.4 is 10.5 Å². The summed E-state index contributed by atoms with van der Waals surface area (Å²) in [5.41, 5.74) is 7.29. The molecule has 0 bridgehead atoms. The smallest absolute Gasteiger partial charge is 0.132 e. The minimum atomic E-state index is 0.218. The fourth-order valence-electron chi connectivity index (χ4n) is 1.55. The Kier molecular flexibility index (Phi) is 3.18. The first kappa shape index (κ1) is 11.3. The van der Waals surface area contributed by atoms with Gasteiger partial charge in [0.25, 0.3) is 0 Å². The number of nitrogens with two attached hydrogens (primary N) is 1. The molecule has 0 aliphatic heterocycles. The quantitative estimate of drug-likeness (QED) is 0.844. The first-order valence-electron chi connectivity index (χ1n) is 5.42. The third-order valence-corrected chi connectivity index (χ3v) is 2.49. The fourth-order valence-corrected chi connectivity index (χ4v) is 1.55. The molecule has 0 fully saturated rings. The molecule has 17 heavy (non-hydrogen) atoms. The number of nitrogens with zero attached hydrogens (tertiary/aromatic N) is 2. The van der Waals surface area contributed by atoms with Crippen LogP contribution in [0.1, 0.15) is 12.6 Å². The molecule has 0 unspecified atom stereocenters. The zero-order chi connectivity index (χ0) is 12.3. The van der Waals surface area contributed by atoms with Crippen LogP contribution in [-0.4, -0.2) is 14.9 Å². The number of phenols is 1. The molecule has 90 valence electrons. The Hall–Kier alpha value is -2.17. The van der Waals surface area contributed by atoms with Crippen molar-refractivity contribution in [2.45, 2.75) is 20.1 Å². The Morgan fingerprint density at radius 2 is 2.06 bits per heavy atom. The minimum absolute atomic E-state index is 0.218. The summed E-state index contributed by atoms with van der Waals surface area (Å²) in [5, 5.41) is 13.3. The highest BCUT2D eigenvalue weighted by atomic mass is 16.5. The van der Waals surface area contributed by atoms with E-state index in [1.54, 1.807) is 35.1 Å². The third-order valence-electron chi connectivity index (χ3n) is 2.49. The number of aromatic hydroxyl groups is 1. The van der Waals surface area contributed by atoms with Gasteiger partial charge in [0.15, 0.2) is 0 Å². The van der Waals surface area contributed by atoms with Crippen LogP contribution in [-0.2, 0) is 13.2 Å². The van der Waals surface area contributed by atoms with E-state index in [4.69, 9.17) is 15.6 Å². The Bertz CT molecular complexity index is 491. The topological polar surface area (TPSA) is 73.3 Å². The van der Waals surface area contributed by atoms with Gasteiger partial charge in [-0.15, -0.1) is 0 Å². The average Bonchev–Trinajstić information content (AvgIpc) is 2.69. The predicted molar refractivity (Wildman–Crippen MR) is 64.8 cm³/mol. The van der Waals surface area contributed by atoms with Crippen molar-refractivity contribution < 1.29 is 9.84 Å². The summed E-state index contributed by atoms with van der Waals surface area (Å²) in [6, 6.07) is 6.57. The molecule has 3 N–H and O–H groups in total. The van der Waals surface area contributed by atoms with Crippen molar-refractivity contribution in [2.75, 3.05) is 5.73 Å². The fraction of sp³-hybridized carbons (Fsp3) is 0.250. The van der Waals surface area contributed by atoms with E-state index in [1.807, 2.05) is 6.92 Å². The molecule has 1 aromatic carbocycles. The maximum absolute atomic E-state index is 9.15. The Morgan fingerprint density at radius 3 is 2.71 bits per heavy atom. The van der Waals surface area contributed by atoms with Gasteiger partial charge < -0.3 is 15.6 Å². The lowest BCUT2D eigenvalue weighted by molar-refractivity contribution is 0.293. The van der Waals surface area contributed by atoms with Crippen molar-refractivity contribution in [3.8, 4) is 11.5 Å². The number of nitrogen functional groups attached to an aromatic ring is 1. The number of aryl methyl sites for hydroxylation is 1. The third kappa shape index (κ3) is 2.50. The molecule has 2 rings (SSSR count). The summed E-state index contributed by atoms with van der Waals surface area (Å²) in [5.74, 6) is 0.904. The second kappa shape index (κ2) is 4.78. The number of benzene rings is 1. The van der Waals surface area contributed by atoms with Gasteiger partial charge in [0.2, 0.25) is 0 Å². The molecule has 0 saturated carbocycles. The molecule has 0 amide bonds. The van der Waals surface area contributed by atoms with E-state index < -0.39 is 0 Å². The maximum Gasteiger partial charge on any atom is 0.132 e. The van der Waals surface area contributed by atoms with Crippen LogP contribution in [0.2, 0.25) is 0 Å². The zero-order valence-electron chi connectivity index (χ0n) is 9.63. The van der Waals surface area contributed by atoms with Gasteiger partial charge in [-0.25, -0.2) is 0 Å². The molecule has 1 heterocycles. The van der Waals surface area contributed by atoms with Crippen LogP contribution in [0, 0.1) is 0 Å². The highest BCUT2D eigenvalue weighted by Crippen LogP contribution is 2.19. The highest BCUT2D eigenvalue weighted by molar-refractivity contribution is 5.41. The van der Waals surface area contributed by atoms with E-state index in [2.05, 4.69) is 5.10 Å². The van der Waals surface area contributed by atoms with Crippen LogP contribution in [0.4, 0.5) is 5.69 Å². The van der Waals surface area contributed by atoms with Crippen molar-refractivity contribution in [1.29, 1.82) is 0 Å². The maximum atomic E-state index is 9.15. The molecule has 0 saturated heterocycles. The molecular formula is C12H15N3O2. The van der Waals surface area contributed by atoms with Gasteiger partial charge in [0.1, 0.15) is 18.1 Å². The molecule has 0 atom stereocenters. The molecule has 0 spiro atoms. The van der Waals surface area contributed by atoms with Gasteiger partial charge in [0.05, 0.1) is 17.6 Å². The summed E-state index contributed by atoms with van der Waals surface area (Å²) in [4.78, 5) is 0. The monoisotopic (exact) mass is 233 g/mol. The van der Waals surface area contributed by atoms with E-state index in [0.717, 1.165) is 12.2 Å². The van der Waals surface area contributed by atoms with Crippen molar-refractivity contribution in [3.05, 3.63) is 36.2 Å². The summed E-state index contributed by atoms with van der Waals surface area (Å²) < 4.78 is 7.38. The van der Waals surface area contributed by atoms with E-state index >= 15 is 0 Å². The number of phenolic OH excluding ortho intramolecular Hbond substituents is 1. The lowest BCUT2D eigenvalue weighted by Gasteiger charge is -2.08. The van der Waals surface area contributed by atoms with Crippen molar-refractivity contribution in [1.82, 2.24) is 9.78 Å². The van der Waals surface area contributed by atoms with Gasteiger partial charge in [0, 0.05) is 6.54 Å². The standard InChI is InChI=1S/C12H15N3O2/c1-2-15-12(11(13)7-14-15)8-17-10-5-3-9(16)4-6-10/h3-7,16H,2,8,13H2,1H3. The van der Waals surface area contributed by atoms with Crippen LogP contribution in [0.3, 0.4) is 0 Å². The van der Waals surface area contributed by atoms with Gasteiger partial charge in [-0.2, -0.15) is 5.10 Å². The number of hydrogen-bond donors (Lipinski definition) is 2. The van der Waals surface area contributed by atoms with Gasteiger partial charge in [-0.3, -0.25) is 4.68 Å². The summed E-state index contributed by atoms with van der Waals surface area (Å²) in [6.45, 7) is 3.12. The largest absolute Gasteiger partial charge is 0.508 e. The molecule has 2 aromatic rings. The lowest BCUT2D eigenvalue weighted by Crippen LogP contribution is -2.07. The van der Waals surface area contributed by atoms with Crippen molar-refractivity contribution in [3.63, 3.8) is 0 Å². The van der Waals surface area contributed by atoms with Gasteiger partial charge in [-0.1, -0.05) is 0 Å². The Labute approximate surface area is 99.4 Å². The van der Waals surface area contributed by atoms with Crippen molar-refractivity contribution in [2.24, 2.45) is 0 Å². The van der Waals surface area contributed by atoms with Gasteiger partial charge >= 0.3 is 0 Å². The van der Waals surface area contributed by atoms with Crippen LogP contribution in [0.5, 0.6) is 11.5 Å². The first-order valence-corrected chi connectivity index (χ1v) is 5.42. The van der Waals surface area contributed by atoms with Crippen LogP contribution >= 0.6 is 0 Å². The second-order valence-corrected chi connectivity index (χ2v) is 3.64.